The Bertz CT molecular complexity index is 1200. The molecule has 1 aliphatic rings. The van der Waals surface area contributed by atoms with Crippen LogP contribution >= 0.6 is 0 Å². The first-order chi connectivity index (χ1) is 17.7. The fourth-order valence-corrected chi connectivity index (χ4v) is 4.63. The number of benzene rings is 2. The average Bonchev–Trinajstić information content (AvgIpc) is 3.34. The molecule has 0 unspecified atom stereocenters. The second kappa shape index (κ2) is 11.6. The number of carbonyl (C=O) groups excluding carboxylic acids is 2. The Balaban J connectivity index is 1.34. The number of alkyl halides is 3. The van der Waals surface area contributed by atoms with Gasteiger partial charge < -0.3 is 14.2 Å². The highest BCUT2D eigenvalue weighted by molar-refractivity contribution is 5.78. The number of hydrogen-bond acceptors (Lipinski definition) is 4. The lowest BCUT2D eigenvalue weighted by Gasteiger charge is -2.31. The second-order valence-electron chi connectivity index (χ2n) is 9.26. The van der Waals surface area contributed by atoms with Gasteiger partial charge in [0.05, 0.1) is 31.1 Å². The summed E-state index contributed by atoms with van der Waals surface area (Å²) in [6.07, 6.45) is 0.582. The van der Waals surface area contributed by atoms with Crippen molar-refractivity contribution in [1.29, 1.82) is 0 Å². The first-order valence-corrected chi connectivity index (χ1v) is 12.2. The van der Waals surface area contributed by atoms with Crippen LogP contribution in [0.1, 0.15) is 29.7 Å². The topological polar surface area (TPSA) is 85.4 Å². The number of imidazole rings is 1. The number of anilines is 1. The Morgan fingerprint density at radius 3 is 2.57 bits per heavy atom. The number of halogens is 3. The number of methoxy groups -OCH3 is 1. The van der Waals surface area contributed by atoms with Gasteiger partial charge in [0, 0.05) is 31.5 Å². The van der Waals surface area contributed by atoms with Gasteiger partial charge >= 0.3 is 18.1 Å². The number of nitrogens with two attached hydrogens (primary N) is 1. The third-order valence-corrected chi connectivity index (χ3v) is 6.65. The number of amides is 1. The van der Waals surface area contributed by atoms with Crippen molar-refractivity contribution in [3.05, 3.63) is 83.9 Å². The number of ether oxygens (including phenoxy) is 1. The minimum absolute atomic E-state index is 0.0998. The van der Waals surface area contributed by atoms with Crippen LogP contribution in [0.3, 0.4) is 0 Å². The van der Waals surface area contributed by atoms with Gasteiger partial charge in [0.1, 0.15) is 5.92 Å². The van der Waals surface area contributed by atoms with E-state index in [1.165, 1.54) is 18.5 Å². The minimum Gasteiger partial charge on any atom is -0.465 e. The maximum atomic E-state index is 13.1. The number of quaternary nitrogens is 1. The number of carbonyl (C=O) groups is 1. The molecule has 7 nitrogen and oxygen atoms in total. The zero-order valence-electron chi connectivity index (χ0n) is 20.6. The van der Waals surface area contributed by atoms with Crippen molar-refractivity contribution in [3.8, 4) is 0 Å². The molecule has 0 radical (unpaired) electrons. The van der Waals surface area contributed by atoms with E-state index < -0.39 is 23.8 Å². The summed E-state index contributed by atoms with van der Waals surface area (Å²) in [5.74, 6) is -0.557. The van der Waals surface area contributed by atoms with Crippen LogP contribution in [0.2, 0.25) is 0 Å². The molecule has 1 aliphatic heterocycles. The summed E-state index contributed by atoms with van der Waals surface area (Å²) >= 11 is 0. The van der Waals surface area contributed by atoms with Crippen LogP contribution in [-0.2, 0) is 28.7 Å². The molecule has 1 saturated heterocycles. The summed E-state index contributed by atoms with van der Waals surface area (Å²) < 4.78 is 46.1. The van der Waals surface area contributed by atoms with Crippen LogP contribution in [0.4, 0.5) is 18.9 Å². The van der Waals surface area contributed by atoms with Gasteiger partial charge in [0.25, 0.3) is 0 Å². The SMILES string of the molecule is COC(=O)[C@H](Cc1cn(Cc2ccccc2)cn1)[NH2+]C(=[OH+])C1CCN(c2cccc(C(F)(F)F)c2)CC1. The van der Waals surface area contributed by atoms with E-state index in [0.29, 0.717) is 43.9 Å². The third-order valence-electron chi connectivity index (χ3n) is 6.65. The van der Waals surface area contributed by atoms with Gasteiger partial charge in [-0.15, -0.1) is 0 Å². The van der Waals surface area contributed by atoms with Crippen molar-refractivity contribution in [2.24, 2.45) is 5.92 Å². The molecule has 0 aliphatic carbocycles. The molecule has 10 heteroatoms. The molecule has 0 bridgehead atoms. The lowest BCUT2D eigenvalue weighted by molar-refractivity contribution is -0.578. The molecule has 0 spiro atoms. The van der Waals surface area contributed by atoms with Crippen molar-refractivity contribution in [2.45, 2.75) is 38.0 Å². The van der Waals surface area contributed by atoms with E-state index in [0.717, 1.165) is 17.7 Å². The zero-order chi connectivity index (χ0) is 26.4. The van der Waals surface area contributed by atoms with Gasteiger partial charge in [-0.25, -0.2) is 19.9 Å². The Hall–Kier alpha value is -3.66. The van der Waals surface area contributed by atoms with Crippen molar-refractivity contribution in [2.75, 3.05) is 25.1 Å². The maximum Gasteiger partial charge on any atom is 0.481 e. The molecule has 1 fully saturated rings. The highest BCUT2D eigenvalue weighted by atomic mass is 19.4. The zero-order valence-corrected chi connectivity index (χ0v) is 20.6. The fraction of sp³-hybridized carbons (Fsp3) is 0.370. The van der Waals surface area contributed by atoms with Gasteiger partial charge in [-0.1, -0.05) is 36.4 Å². The largest absolute Gasteiger partial charge is 0.481 e. The summed E-state index contributed by atoms with van der Waals surface area (Å²) in [4.78, 5) is 29.6. The van der Waals surface area contributed by atoms with Crippen molar-refractivity contribution in [1.82, 2.24) is 9.55 Å². The van der Waals surface area contributed by atoms with Gasteiger partial charge in [-0.2, -0.15) is 13.2 Å². The summed E-state index contributed by atoms with van der Waals surface area (Å²) in [6.45, 7) is 1.65. The summed E-state index contributed by atoms with van der Waals surface area (Å²) in [5, 5.41) is 1.53. The quantitative estimate of drug-likeness (QED) is 0.369. The van der Waals surface area contributed by atoms with Crippen molar-refractivity contribution < 1.29 is 32.8 Å². The number of esters is 1. The molecule has 196 valence electrons. The van der Waals surface area contributed by atoms with Gasteiger partial charge in [0.15, 0.2) is 0 Å². The first-order valence-electron chi connectivity index (χ1n) is 12.2. The Labute approximate surface area is 213 Å². The van der Waals surface area contributed by atoms with Gasteiger partial charge in [-0.05, 0) is 36.6 Å². The molecule has 4 rings (SSSR count). The molecule has 2 heterocycles. The van der Waals surface area contributed by atoms with E-state index in [4.69, 9.17) is 4.74 Å². The smallest absolute Gasteiger partial charge is 0.465 e. The van der Waals surface area contributed by atoms with Crippen molar-refractivity contribution >= 4 is 17.6 Å². The van der Waals surface area contributed by atoms with Crippen LogP contribution in [0.15, 0.2) is 67.1 Å². The summed E-state index contributed by atoms with van der Waals surface area (Å²) in [5.41, 5.74) is 1.66. The van der Waals surface area contributed by atoms with Crippen LogP contribution in [0.25, 0.3) is 0 Å². The van der Waals surface area contributed by atoms with E-state index in [1.54, 1.807) is 12.4 Å². The van der Waals surface area contributed by atoms with E-state index in [1.807, 2.05) is 46.0 Å². The molecule has 2 aromatic carbocycles. The minimum atomic E-state index is -4.39. The van der Waals surface area contributed by atoms with Crippen LogP contribution in [-0.4, -0.2) is 52.5 Å². The fourth-order valence-electron chi connectivity index (χ4n) is 4.63. The van der Waals surface area contributed by atoms with Gasteiger partial charge in [0.2, 0.25) is 6.04 Å². The number of piperidine rings is 1. The van der Waals surface area contributed by atoms with Gasteiger partial charge in [-0.3, -0.25) is 0 Å². The van der Waals surface area contributed by atoms with E-state index >= 15 is 0 Å². The summed E-state index contributed by atoms with van der Waals surface area (Å²) in [7, 11) is 1.31. The van der Waals surface area contributed by atoms with Crippen molar-refractivity contribution in [3.63, 3.8) is 0 Å². The molecule has 1 aromatic heterocycles. The number of nitrogens with zero attached hydrogens (tertiary/aromatic N) is 3. The normalized spacial score (nSPS) is 15.4. The Kier molecular flexibility index (Phi) is 8.27. The lowest BCUT2D eigenvalue weighted by Crippen LogP contribution is -2.97. The molecule has 37 heavy (non-hydrogen) atoms. The Morgan fingerprint density at radius 2 is 1.89 bits per heavy atom. The molecule has 3 aromatic rings. The van der Waals surface area contributed by atoms with Crippen LogP contribution in [0, 0.1) is 5.92 Å². The first kappa shape index (κ1) is 26.4. The standard InChI is InChI=1S/C27H29F3N4O3/c1-37-26(36)24(15-22-17-33(18-31-22)16-19-6-3-2-4-7-19)32-25(35)20-10-12-34(13-11-20)23-9-5-8-21(14-23)27(28,29)30/h2-9,14,17-18,20,24H,10-13,15-16H2,1H3,(H,32,35)/p+2/t24-/m0/s1. The monoisotopic (exact) mass is 516 g/mol. The number of primary amides is 1. The number of hydrogen-bond donors (Lipinski definition) is 1. The summed E-state index contributed by atoms with van der Waals surface area (Å²) in [6, 6.07) is 14.5. The van der Waals surface area contributed by atoms with Crippen LogP contribution < -0.4 is 10.2 Å². The van der Waals surface area contributed by atoms with E-state index in [9.17, 15) is 22.8 Å². The van der Waals surface area contributed by atoms with E-state index in [2.05, 4.69) is 4.98 Å². The highest BCUT2D eigenvalue weighted by Crippen LogP contribution is 2.32. The second-order valence-corrected chi connectivity index (χ2v) is 9.26. The van der Waals surface area contributed by atoms with Crippen LogP contribution in [0.5, 0.6) is 0 Å². The Morgan fingerprint density at radius 1 is 1.16 bits per heavy atom. The van der Waals surface area contributed by atoms with E-state index in [-0.39, 0.29) is 18.2 Å². The molecule has 0 saturated carbocycles. The lowest BCUT2D eigenvalue weighted by atomic mass is 9.94. The average molecular weight is 517 g/mol. The molecular formula is C27H31F3N4O3+2. The third kappa shape index (κ3) is 6.97. The highest BCUT2D eigenvalue weighted by Gasteiger charge is 2.38. The molecule has 3 N–H and O–H groups in total. The molecule has 1 amide bonds. The predicted octanol–water partition coefficient (Wildman–Crippen LogP) is 3.02. The maximum absolute atomic E-state index is 13.1. The molecule has 1 atom stereocenters. The number of rotatable bonds is 8. The predicted molar refractivity (Wildman–Crippen MR) is 133 cm³/mol. The molecular weight excluding hydrogens is 485 g/mol. The number of aromatic nitrogens is 2.